The zero-order valence-electron chi connectivity index (χ0n) is 36.6. The monoisotopic (exact) mass is 1080 g/mol. The molecule has 2 aromatic rings. The molecule has 4 heterocycles. The number of likely N-dealkylation sites (N-methyl/N-ethyl adjacent to an activating group) is 2. The van der Waals surface area contributed by atoms with Gasteiger partial charge < -0.3 is 30.3 Å². The maximum atomic E-state index is 12.5. The zero-order chi connectivity index (χ0) is 46.6. The minimum absolute atomic E-state index is 0.0625. The molecule has 0 aliphatic carbocycles. The van der Waals surface area contributed by atoms with Crippen LogP contribution in [0, 0.1) is 15.4 Å². The van der Waals surface area contributed by atoms with E-state index in [1.165, 1.54) is 29.5 Å². The maximum absolute atomic E-state index is 12.5. The Morgan fingerprint density at radius 1 is 0.820 bits per heavy atom. The second-order valence-electron chi connectivity index (χ2n) is 14.8. The summed E-state index contributed by atoms with van der Waals surface area (Å²) in [4.78, 5) is 86.4. The molecule has 3 aliphatic heterocycles. The fraction of sp³-hybridized carbons (Fsp3) is 0.585. The molecule has 18 nitrogen and oxygen atoms in total. The first-order valence-electron chi connectivity index (χ1n) is 19.9. The number of H-pyrrole nitrogens is 1. The fourth-order valence-electron chi connectivity index (χ4n) is 5.85. The van der Waals surface area contributed by atoms with Crippen molar-refractivity contribution in [2.24, 2.45) is 11.8 Å². The Bertz CT molecular complexity index is 1850. The van der Waals surface area contributed by atoms with Crippen LogP contribution in [0.1, 0.15) is 78.4 Å². The molecule has 1 aromatic carbocycles. The number of morpholine rings is 2. The molecule has 20 heteroatoms. The van der Waals surface area contributed by atoms with Crippen LogP contribution in [0.2, 0.25) is 0 Å². The van der Waals surface area contributed by atoms with E-state index in [0.717, 1.165) is 3.58 Å². The van der Waals surface area contributed by atoms with Crippen molar-refractivity contribution in [2.75, 3.05) is 53.5 Å². The molecule has 0 bridgehead atoms. The highest BCUT2D eigenvalue weighted by atomic mass is 127. The highest BCUT2D eigenvalue weighted by molar-refractivity contribution is 14.1. The van der Waals surface area contributed by atoms with Gasteiger partial charge in [-0.05, 0) is 85.3 Å². The molecule has 0 spiro atoms. The number of Topliss-reactive ketones (excluding diaryl/α,β-unsaturated/α-hetero) is 3. The number of nitrogens with zero attached hydrogens (tertiary/aromatic N) is 4. The second kappa shape index (κ2) is 28.3. The molecule has 342 valence electrons. The van der Waals surface area contributed by atoms with Gasteiger partial charge in [-0.25, -0.2) is 9.59 Å². The van der Waals surface area contributed by atoms with E-state index < -0.39 is 29.9 Å². The number of aromatic nitrogens is 2. The number of benzene rings is 1. The number of hydrogen-bond acceptors (Lipinski definition) is 13. The molecule has 2 fully saturated rings. The molecular formula is C41H63I2N7O11. The molecule has 2 saturated heterocycles. The van der Waals surface area contributed by atoms with Gasteiger partial charge in [0.1, 0.15) is 23.5 Å². The summed E-state index contributed by atoms with van der Waals surface area (Å²) in [7, 11) is 3.80. The Morgan fingerprint density at radius 3 is 1.75 bits per heavy atom. The van der Waals surface area contributed by atoms with Gasteiger partial charge in [-0.3, -0.25) is 48.2 Å². The molecular weight excluding hydrogens is 1020 g/mol. The lowest BCUT2D eigenvalue weighted by Crippen LogP contribution is -2.61. The van der Waals surface area contributed by atoms with Gasteiger partial charge in [0.15, 0.2) is 12.5 Å². The first-order chi connectivity index (χ1) is 28.7. The van der Waals surface area contributed by atoms with E-state index in [9.17, 15) is 38.7 Å². The van der Waals surface area contributed by atoms with Crippen LogP contribution >= 0.6 is 45.2 Å². The van der Waals surface area contributed by atoms with E-state index in [2.05, 4.69) is 38.2 Å². The van der Waals surface area contributed by atoms with E-state index in [1.54, 1.807) is 30.5 Å². The Morgan fingerprint density at radius 2 is 1.31 bits per heavy atom. The van der Waals surface area contributed by atoms with Gasteiger partial charge in [-0.1, -0.05) is 59.7 Å². The van der Waals surface area contributed by atoms with Crippen molar-refractivity contribution in [1.82, 2.24) is 34.9 Å². The molecule has 3 amide bonds. The molecule has 0 radical (unpaired) electrons. The predicted molar refractivity (Wildman–Crippen MR) is 248 cm³/mol. The van der Waals surface area contributed by atoms with Gasteiger partial charge in [0.05, 0.1) is 35.4 Å². The summed E-state index contributed by atoms with van der Waals surface area (Å²) in [5, 5.41) is 24.1. The summed E-state index contributed by atoms with van der Waals surface area (Å²) in [6.45, 7) is 16.6. The van der Waals surface area contributed by atoms with Crippen LogP contribution in [0.4, 0.5) is 4.79 Å². The third-order valence-electron chi connectivity index (χ3n) is 8.61. The van der Waals surface area contributed by atoms with Gasteiger partial charge in [0, 0.05) is 59.6 Å². The number of amides is 3. The zero-order valence-corrected chi connectivity index (χ0v) is 41.0. The minimum atomic E-state index is -0.595. The number of aliphatic hydroxyl groups excluding tert-OH is 2. The van der Waals surface area contributed by atoms with Crippen molar-refractivity contribution in [3.05, 3.63) is 76.3 Å². The predicted octanol–water partition coefficient (Wildman–Crippen LogP) is 3.10. The van der Waals surface area contributed by atoms with Crippen LogP contribution in [0.5, 0.6) is 0 Å². The maximum Gasteiger partial charge on any atom is 0.330 e. The van der Waals surface area contributed by atoms with Crippen LogP contribution < -0.4 is 21.9 Å². The van der Waals surface area contributed by atoms with E-state index in [-0.39, 0.29) is 67.2 Å². The van der Waals surface area contributed by atoms with E-state index in [4.69, 9.17) is 14.6 Å². The quantitative estimate of drug-likeness (QED) is 0.170. The number of ether oxygens (including phenoxy) is 2. The van der Waals surface area contributed by atoms with Gasteiger partial charge in [0.25, 0.3) is 11.5 Å². The summed E-state index contributed by atoms with van der Waals surface area (Å²) in [6.07, 6.45) is 0.966. The number of ketones is 3. The number of hydrogen-bond donors (Lipinski definition) is 5. The fourth-order valence-corrected chi connectivity index (χ4v) is 6.90. The topological polar surface area (TPSA) is 233 Å². The first kappa shape index (κ1) is 55.6. The van der Waals surface area contributed by atoms with Crippen LogP contribution in [0.3, 0.4) is 0 Å². The summed E-state index contributed by atoms with van der Waals surface area (Å²) in [6, 6.07) is 8.46. The largest absolute Gasteiger partial charge is 0.394 e. The van der Waals surface area contributed by atoms with Gasteiger partial charge in [0.2, 0.25) is 0 Å². The number of nitrogens with one attached hydrogen (secondary N) is 3. The van der Waals surface area contributed by atoms with Crippen molar-refractivity contribution in [1.29, 1.82) is 0 Å². The van der Waals surface area contributed by atoms with Crippen LogP contribution in [0.15, 0.2) is 55.9 Å². The Kier molecular flexibility index (Phi) is 25.8. The molecule has 5 unspecified atom stereocenters. The minimum Gasteiger partial charge on any atom is -0.394 e. The number of aliphatic hydroxyl groups is 2. The highest BCUT2D eigenvalue weighted by Crippen LogP contribution is 2.23. The number of aromatic amines is 1. The van der Waals surface area contributed by atoms with Crippen LogP contribution in [0.25, 0.3) is 0 Å². The van der Waals surface area contributed by atoms with E-state index >= 15 is 0 Å². The van der Waals surface area contributed by atoms with Crippen molar-refractivity contribution in [3.63, 3.8) is 0 Å². The number of carbonyl (C=O) groups excluding carboxylic acids is 5. The smallest absolute Gasteiger partial charge is 0.330 e. The number of urea groups is 1. The Labute approximate surface area is 385 Å². The van der Waals surface area contributed by atoms with Crippen molar-refractivity contribution in [3.8, 4) is 0 Å². The number of halogens is 2. The standard InChI is InChI=1S/C17H21IN4O4.C10H14IN3O4.C7H14O.C5H8O2.C2H6/c1-21-7-12(10-23)26-14(9-21)22-8-13(18)15(20-17(22)25)19-16(24)11-5-3-2-4-6-11;1-13-2-6(5-15)18-8(4-13)14-3-7(11)9(16)12-10(14)17;1-5(2)7(8)6(3)4;1-4(6)3-5(2)7;1-2/h2-6,8,12,14-15,23H,7,9-10H2,1H3,(H,19,24)(H,20,25);3,6,8,15H,2,4-5H2,1H3,(H,12,16,17);5-6H,1-4H3;3H2,1-2H3;1-2H3. The van der Waals surface area contributed by atoms with Gasteiger partial charge >= 0.3 is 11.7 Å². The van der Waals surface area contributed by atoms with Crippen LogP contribution in [-0.4, -0.2) is 142 Å². The normalized spacial score (nSPS) is 21.4. The van der Waals surface area contributed by atoms with Crippen molar-refractivity contribution < 1.29 is 43.7 Å². The molecule has 5 rings (SSSR count). The summed E-state index contributed by atoms with van der Waals surface area (Å²) in [5.74, 6) is 0.371. The molecule has 61 heavy (non-hydrogen) atoms. The van der Waals surface area contributed by atoms with E-state index in [1.807, 2.05) is 94.1 Å². The molecule has 5 atom stereocenters. The lowest BCUT2D eigenvalue weighted by Gasteiger charge is -2.41. The Hall–Kier alpha value is -3.39. The molecule has 0 saturated carbocycles. The van der Waals surface area contributed by atoms with Gasteiger partial charge in [-0.15, -0.1) is 0 Å². The van der Waals surface area contributed by atoms with Gasteiger partial charge in [-0.2, -0.15) is 0 Å². The highest BCUT2D eigenvalue weighted by Gasteiger charge is 2.36. The SMILES string of the molecule is CC.CC(=O)CC(C)=O.CC(C)C(=O)C(C)C.CN1CC(CO)OC(N2C=C(I)C(NC(=O)c3ccccc3)NC2=O)C1.CN1CC(CO)OC(n2cc(I)c(=O)[nH]c2=O)C1. The average Bonchev–Trinajstić information content (AvgIpc) is 3.20. The number of rotatable bonds is 10. The van der Waals surface area contributed by atoms with Crippen molar-refractivity contribution in [2.45, 2.75) is 92.6 Å². The first-order valence-corrected chi connectivity index (χ1v) is 22.1. The third kappa shape index (κ3) is 19.7. The summed E-state index contributed by atoms with van der Waals surface area (Å²) >= 11 is 3.94. The molecule has 3 aliphatic rings. The third-order valence-corrected chi connectivity index (χ3v) is 10.3. The number of carbonyl (C=O) groups is 5. The molecule has 5 N–H and O–H groups in total. The van der Waals surface area contributed by atoms with E-state index in [0.29, 0.717) is 41.1 Å². The average molecular weight is 1080 g/mol. The van der Waals surface area contributed by atoms with Crippen molar-refractivity contribution >= 4 is 74.5 Å². The lowest BCUT2D eigenvalue weighted by molar-refractivity contribution is -0.136. The second-order valence-corrected chi connectivity index (χ2v) is 17.2. The molecule has 1 aromatic heterocycles. The van der Waals surface area contributed by atoms with Crippen LogP contribution in [-0.2, 0) is 23.9 Å². The summed E-state index contributed by atoms with van der Waals surface area (Å²) in [5.41, 5.74) is -0.381. The summed E-state index contributed by atoms with van der Waals surface area (Å²) < 4.78 is 13.9. The lowest BCUT2D eigenvalue weighted by atomic mass is 9.99. The Balaban J connectivity index is 0.000000458.